The minimum Gasteiger partial charge on any atom is -0.431 e. The van der Waals surface area contributed by atoms with Crippen molar-refractivity contribution in [3.05, 3.63) is 52.5 Å². The summed E-state index contributed by atoms with van der Waals surface area (Å²) in [6, 6.07) is 14.3. The van der Waals surface area contributed by atoms with Gasteiger partial charge in [0.15, 0.2) is 5.58 Å². The van der Waals surface area contributed by atoms with E-state index < -0.39 is 0 Å². The summed E-state index contributed by atoms with van der Waals surface area (Å²) in [5, 5.41) is 3.95. The molecule has 2 aromatic carbocycles. The first kappa shape index (κ1) is 14.6. The first-order valence-corrected chi connectivity index (χ1v) is 8.28. The molecular weight excluding hydrogens is 348 g/mol. The van der Waals surface area contributed by atoms with Crippen LogP contribution < -0.4 is 5.32 Å². The van der Waals surface area contributed by atoms with Crippen LogP contribution >= 0.6 is 27.7 Å². The van der Waals surface area contributed by atoms with Crippen molar-refractivity contribution < 1.29 is 4.42 Å². The van der Waals surface area contributed by atoms with Crippen molar-refractivity contribution in [2.75, 3.05) is 7.05 Å². The Morgan fingerprint density at radius 2 is 2.05 bits per heavy atom. The lowest BCUT2D eigenvalue weighted by molar-refractivity contribution is 0.489. The number of aromatic nitrogens is 1. The van der Waals surface area contributed by atoms with Gasteiger partial charge < -0.3 is 9.73 Å². The van der Waals surface area contributed by atoms with Crippen LogP contribution in [0.15, 0.2) is 61.5 Å². The second-order valence-electron chi connectivity index (χ2n) is 4.74. The number of hydrogen-bond acceptors (Lipinski definition) is 4. The number of oxazole rings is 1. The minimum atomic E-state index is 0.259. The summed E-state index contributed by atoms with van der Waals surface area (Å²) >= 11 is 5.09. The molecule has 21 heavy (non-hydrogen) atoms. The Morgan fingerprint density at radius 1 is 1.24 bits per heavy atom. The first-order valence-electron chi connectivity index (χ1n) is 6.67. The molecule has 1 N–H and O–H groups in total. The lowest BCUT2D eigenvalue weighted by Crippen LogP contribution is -2.13. The van der Waals surface area contributed by atoms with Crippen molar-refractivity contribution in [1.82, 2.24) is 10.3 Å². The fourth-order valence-corrected chi connectivity index (χ4v) is 3.43. The molecule has 0 aliphatic carbocycles. The smallest absolute Gasteiger partial charge is 0.261 e. The molecule has 3 aromatic rings. The van der Waals surface area contributed by atoms with Crippen LogP contribution in [0, 0.1) is 0 Å². The maximum absolute atomic E-state index is 5.79. The molecule has 3 nitrogen and oxygen atoms in total. The quantitative estimate of drug-likeness (QED) is 0.706. The third-order valence-electron chi connectivity index (χ3n) is 3.34. The van der Waals surface area contributed by atoms with Crippen molar-refractivity contribution >= 4 is 38.8 Å². The normalized spacial score (nSPS) is 12.7. The molecule has 0 bridgehead atoms. The second kappa shape index (κ2) is 6.22. The Bertz CT molecular complexity index is 739. The lowest BCUT2D eigenvalue weighted by atomic mass is 10.1. The van der Waals surface area contributed by atoms with Crippen LogP contribution in [0.1, 0.15) is 18.5 Å². The van der Waals surface area contributed by atoms with Gasteiger partial charge in [0, 0.05) is 15.4 Å². The Morgan fingerprint density at radius 3 is 2.81 bits per heavy atom. The maximum atomic E-state index is 5.79. The SMILES string of the molecule is CNC(C)c1cc(Br)ccc1Sc1nc2ccccc2o1. The fraction of sp³-hybridized carbons (Fsp3) is 0.188. The van der Waals surface area contributed by atoms with Crippen LogP contribution in [0.4, 0.5) is 0 Å². The Kier molecular flexibility index (Phi) is 4.33. The number of rotatable bonds is 4. The van der Waals surface area contributed by atoms with E-state index in [1.807, 2.05) is 37.4 Å². The maximum Gasteiger partial charge on any atom is 0.261 e. The molecule has 0 amide bonds. The molecule has 0 aliphatic heterocycles. The van der Waals surface area contributed by atoms with Crippen molar-refractivity contribution in [3.63, 3.8) is 0 Å². The molecule has 1 atom stereocenters. The Balaban J connectivity index is 1.97. The van der Waals surface area contributed by atoms with E-state index in [1.54, 1.807) is 11.8 Å². The fourth-order valence-electron chi connectivity index (χ4n) is 2.09. The molecule has 0 saturated heterocycles. The van der Waals surface area contributed by atoms with E-state index in [9.17, 15) is 0 Å². The summed E-state index contributed by atoms with van der Waals surface area (Å²) in [5.41, 5.74) is 2.93. The Hall–Kier alpha value is -1.30. The predicted molar refractivity (Wildman–Crippen MR) is 89.7 cm³/mol. The first-order chi connectivity index (χ1) is 10.2. The molecule has 0 radical (unpaired) electrons. The zero-order valence-corrected chi connectivity index (χ0v) is 14.2. The van der Waals surface area contributed by atoms with Crippen molar-refractivity contribution in [3.8, 4) is 0 Å². The molecule has 1 heterocycles. The van der Waals surface area contributed by atoms with Crippen molar-refractivity contribution in [2.45, 2.75) is 23.1 Å². The monoisotopic (exact) mass is 362 g/mol. The van der Waals surface area contributed by atoms with E-state index in [4.69, 9.17) is 4.42 Å². The molecule has 5 heteroatoms. The number of nitrogens with one attached hydrogen (secondary N) is 1. The van der Waals surface area contributed by atoms with Crippen LogP contribution in [-0.4, -0.2) is 12.0 Å². The topological polar surface area (TPSA) is 38.1 Å². The summed E-state index contributed by atoms with van der Waals surface area (Å²) in [6.07, 6.45) is 0. The van der Waals surface area contributed by atoms with Gasteiger partial charge in [0.05, 0.1) is 0 Å². The summed E-state index contributed by atoms with van der Waals surface area (Å²) in [4.78, 5) is 5.67. The van der Waals surface area contributed by atoms with Crippen LogP contribution in [0.5, 0.6) is 0 Å². The van der Waals surface area contributed by atoms with E-state index in [0.29, 0.717) is 5.22 Å². The van der Waals surface area contributed by atoms with E-state index in [1.165, 1.54) is 5.56 Å². The highest BCUT2D eigenvalue weighted by atomic mass is 79.9. The number of benzene rings is 2. The van der Waals surface area contributed by atoms with E-state index in [0.717, 1.165) is 20.5 Å². The van der Waals surface area contributed by atoms with Crippen LogP contribution in [0.2, 0.25) is 0 Å². The van der Waals surface area contributed by atoms with Crippen molar-refractivity contribution in [1.29, 1.82) is 0 Å². The van der Waals surface area contributed by atoms with Gasteiger partial charge in [0.2, 0.25) is 0 Å². The average Bonchev–Trinajstić information content (AvgIpc) is 2.90. The van der Waals surface area contributed by atoms with E-state index in [2.05, 4.69) is 45.3 Å². The largest absolute Gasteiger partial charge is 0.431 e. The van der Waals surface area contributed by atoms with Gasteiger partial charge in [0.25, 0.3) is 5.22 Å². The molecular formula is C16H15BrN2OS. The van der Waals surface area contributed by atoms with Gasteiger partial charge in [-0.25, -0.2) is 4.98 Å². The number of nitrogens with zero attached hydrogens (tertiary/aromatic N) is 1. The molecule has 0 fully saturated rings. The predicted octanol–water partition coefficient (Wildman–Crippen LogP) is 5.02. The summed E-state index contributed by atoms with van der Waals surface area (Å²) in [5.74, 6) is 0. The Labute approximate surface area is 136 Å². The standard InChI is InChI=1S/C16H15BrN2OS/c1-10(18-2)12-9-11(17)7-8-15(12)21-16-19-13-5-3-4-6-14(13)20-16/h3-10,18H,1-2H3. The van der Waals surface area contributed by atoms with Gasteiger partial charge in [-0.15, -0.1) is 0 Å². The lowest BCUT2D eigenvalue weighted by Gasteiger charge is -2.15. The second-order valence-corrected chi connectivity index (χ2v) is 6.65. The highest BCUT2D eigenvalue weighted by Gasteiger charge is 2.14. The summed E-state index contributed by atoms with van der Waals surface area (Å²) in [6.45, 7) is 2.14. The summed E-state index contributed by atoms with van der Waals surface area (Å²) in [7, 11) is 1.96. The third-order valence-corrected chi connectivity index (χ3v) is 4.78. The van der Waals surface area contributed by atoms with Gasteiger partial charge in [-0.3, -0.25) is 0 Å². The van der Waals surface area contributed by atoms with Gasteiger partial charge >= 0.3 is 0 Å². The highest BCUT2D eigenvalue weighted by molar-refractivity contribution is 9.10. The van der Waals surface area contributed by atoms with Crippen LogP contribution in [0.3, 0.4) is 0 Å². The minimum absolute atomic E-state index is 0.259. The molecule has 108 valence electrons. The van der Waals surface area contributed by atoms with Gasteiger partial charge in [-0.2, -0.15) is 0 Å². The zero-order chi connectivity index (χ0) is 14.8. The number of hydrogen-bond donors (Lipinski definition) is 1. The van der Waals surface area contributed by atoms with Gasteiger partial charge in [-0.1, -0.05) is 28.1 Å². The molecule has 0 saturated carbocycles. The average molecular weight is 363 g/mol. The number of fused-ring (bicyclic) bond motifs is 1. The molecule has 0 spiro atoms. The molecule has 1 unspecified atom stereocenters. The summed E-state index contributed by atoms with van der Waals surface area (Å²) < 4.78 is 6.86. The van der Waals surface area contributed by atoms with Crippen LogP contribution in [0.25, 0.3) is 11.1 Å². The zero-order valence-electron chi connectivity index (χ0n) is 11.8. The number of halogens is 1. The molecule has 0 aliphatic rings. The van der Waals surface area contributed by atoms with Gasteiger partial charge in [-0.05, 0) is 61.6 Å². The van der Waals surface area contributed by atoms with Crippen LogP contribution in [-0.2, 0) is 0 Å². The molecule has 3 rings (SSSR count). The van der Waals surface area contributed by atoms with Crippen molar-refractivity contribution in [2.24, 2.45) is 0 Å². The van der Waals surface area contributed by atoms with E-state index >= 15 is 0 Å². The highest BCUT2D eigenvalue weighted by Crippen LogP contribution is 2.35. The molecule has 1 aromatic heterocycles. The van der Waals surface area contributed by atoms with Gasteiger partial charge in [0.1, 0.15) is 5.52 Å². The number of para-hydroxylation sites is 2. The third kappa shape index (κ3) is 3.15. The van der Waals surface area contributed by atoms with E-state index in [-0.39, 0.29) is 6.04 Å².